The van der Waals surface area contributed by atoms with E-state index in [1.807, 2.05) is 18.2 Å². The Balaban J connectivity index is 1.55. The minimum absolute atomic E-state index is 0.0290. The molecule has 0 bridgehead atoms. The number of carbonyl (C=O) groups is 1. The van der Waals surface area contributed by atoms with Crippen molar-refractivity contribution < 1.29 is 9.90 Å². The molecule has 22 heavy (non-hydrogen) atoms. The molecule has 2 unspecified atom stereocenters. The molecule has 2 atom stereocenters. The second kappa shape index (κ2) is 7.01. The number of nitrogens with zero attached hydrogens (tertiary/aromatic N) is 2. The number of aliphatic hydroxyl groups excluding tert-OH is 1. The lowest BCUT2D eigenvalue weighted by molar-refractivity contribution is 0.0831. The number of amides is 2. The van der Waals surface area contributed by atoms with Gasteiger partial charge in [0.05, 0.1) is 6.10 Å². The Kier molecular flexibility index (Phi) is 4.83. The van der Waals surface area contributed by atoms with E-state index in [1.54, 1.807) is 4.90 Å². The van der Waals surface area contributed by atoms with Gasteiger partial charge in [0, 0.05) is 37.9 Å². The third-order valence-corrected chi connectivity index (χ3v) is 4.55. The Bertz CT molecular complexity index is 494. The molecule has 0 saturated carbocycles. The number of benzene rings is 1. The zero-order valence-electron chi connectivity index (χ0n) is 12.9. The van der Waals surface area contributed by atoms with Crippen molar-refractivity contribution in [1.29, 1.82) is 0 Å². The fourth-order valence-corrected chi connectivity index (χ4v) is 3.37. The Morgan fingerprint density at radius 3 is 2.64 bits per heavy atom. The summed E-state index contributed by atoms with van der Waals surface area (Å²) in [4.78, 5) is 16.4. The van der Waals surface area contributed by atoms with Gasteiger partial charge in [-0.15, -0.1) is 0 Å². The Morgan fingerprint density at radius 1 is 1.09 bits per heavy atom. The highest BCUT2D eigenvalue weighted by molar-refractivity contribution is 5.74. The number of rotatable bonds is 2. The first-order valence-corrected chi connectivity index (χ1v) is 8.26. The molecule has 0 aliphatic carbocycles. The molecule has 2 fully saturated rings. The van der Waals surface area contributed by atoms with Crippen LogP contribution in [0.4, 0.5) is 10.5 Å². The molecule has 2 heterocycles. The monoisotopic (exact) mass is 303 g/mol. The van der Waals surface area contributed by atoms with Gasteiger partial charge in [-0.3, -0.25) is 0 Å². The molecular weight excluding hydrogens is 278 g/mol. The fourth-order valence-electron chi connectivity index (χ4n) is 3.37. The van der Waals surface area contributed by atoms with E-state index in [0.717, 1.165) is 45.3 Å². The van der Waals surface area contributed by atoms with Gasteiger partial charge in [0.25, 0.3) is 0 Å². The standard InChI is InChI=1S/C17H25N3O2/c21-16-9-5-11-20(13-16)17(22)18-14-6-4-10-19(12-14)15-7-2-1-3-8-15/h1-3,7-8,14,16,21H,4-6,9-13H2,(H,18,22). The number of β-amino-alcohol motifs (C(OH)–C–C–N with tert-alkyl or cyclic N) is 1. The maximum atomic E-state index is 12.3. The number of para-hydroxylation sites is 1. The van der Waals surface area contributed by atoms with Gasteiger partial charge in [-0.25, -0.2) is 4.79 Å². The van der Waals surface area contributed by atoms with Crippen LogP contribution in [0.5, 0.6) is 0 Å². The van der Waals surface area contributed by atoms with E-state index in [2.05, 4.69) is 22.3 Å². The number of urea groups is 1. The van der Waals surface area contributed by atoms with E-state index >= 15 is 0 Å². The van der Waals surface area contributed by atoms with Gasteiger partial charge >= 0.3 is 6.03 Å². The molecule has 2 aliphatic heterocycles. The van der Waals surface area contributed by atoms with Crippen molar-refractivity contribution in [1.82, 2.24) is 10.2 Å². The topological polar surface area (TPSA) is 55.8 Å². The largest absolute Gasteiger partial charge is 0.391 e. The molecule has 1 aromatic carbocycles. The van der Waals surface area contributed by atoms with Crippen LogP contribution >= 0.6 is 0 Å². The number of anilines is 1. The van der Waals surface area contributed by atoms with Gasteiger partial charge in [-0.05, 0) is 37.8 Å². The molecule has 0 spiro atoms. The number of nitrogens with one attached hydrogen (secondary N) is 1. The summed E-state index contributed by atoms with van der Waals surface area (Å²) in [7, 11) is 0. The zero-order valence-corrected chi connectivity index (χ0v) is 12.9. The number of aliphatic hydroxyl groups is 1. The van der Waals surface area contributed by atoms with Crippen LogP contribution in [0.1, 0.15) is 25.7 Å². The van der Waals surface area contributed by atoms with Gasteiger partial charge in [-0.2, -0.15) is 0 Å². The minimum Gasteiger partial charge on any atom is -0.391 e. The van der Waals surface area contributed by atoms with Crippen molar-refractivity contribution in [3.05, 3.63) is 30.3 Å². The molecule has 2 aliphatic rings. The molecular formula is C17H25N3O2. The smallest absolute Gasteiger partial charge is 0.317 e. The average molecular weight is 303 g/mol. The van der Waals surface area contributed by atoms with Crippen molar-refractivity contribution in [3.8, 4) is 0 Å². The molecule has 0 radical (unpaired) electrons. The number of hydrogen-bond donors (Lipinski definition) is 2. The first-order chi connectivity index (χ1) is 10.7. The minimum atomic E-state index is -0.369. The fraction of sp³-hybridized carbons (Fsp3) is 0.588. The lowest BCUT2D eigenvalue weighted by atomic mass is 10.0. The molecule has 0 aromatic heterocycles. The van der Waals surface area contributed by atoms with Gasteiger partial charge in [0.15, 0.2) is 0 Å². The molecule has 2 saturated heterocycles. The second-order valence-electron chi connectivity index (χ2n) is 6.31. The summed E-state index contributed by atoms with van der Waals surface area (Å²) < 4.78 is 0. The molecule has 1 aromatic rings. The summed E-state index contributed by atoms with van der Waals surface area (Å²) in [6.45, 7) is 3.10. The zero-order chi connectivity index (χ0) is 15.4. The lowest BCUT2D eigenvalue weighted by Crippen LogP contribution is -2.54. The van der Waals surface area contributed by atoms with Gasteiger partial charge in [0.1, 0.15) is 0 Å². The van der Waals surface area contributed by atoms with E-state index in [9.17, 15) is 9.90 Å². The van der Waals surface area contributed by atoms with Crippen molar-refractivity contribution in [2.45, 2.75) is 37.8 Å². The second-order valence-corrected chi connectivity index (χ2v) is 6.31. The first-order valence-electron chi connectivity index (χ1n) is 8.26. The predicted molar refractivity (Wildman–Crippen MR) is 87.0 cm³/mol. The van der Waals surface area contributed by atoms with Crippen LogP contribution in [0.3, 0.4) is 0 Å². The van der Waals surface area contributed by atoms with Crippen molar-refractivity contribution in [3.63, 3.8) is 0 Å². The summed E-state index contributed by atoms with van der Waals surface area (Å²) in [5, 5.41) is 12.8. The van der Waals surface area contributed by atoms with Crippen LogP contribution in [0, 0.1) is 0 Å². The van der Waals surface area contributed by atoms with Gasteiger partial charge < -0.3 is 20.2 Å². The van der Waals surface area contributed by atoms with E-state index in [0.29, 0.717) is 6.54 Å². The molecule has 2 amide bonds. The third-order valence-electron chi connectivity index (χ3n) is 4.55. The van der Waals surface area contributed by atoms with Gasteiger partial charge in [-0.1, -0.05) is 18.2 Å². The van der Waals surface area contributed by atoms with Crippen molar-refractivity contribution in [2.75, 3.05) is 31.1 Å². The number of carbonyl (C=O) groups excluding carboxylic acids is 1. The van der Waals surface area contributed by atoms with Crippen LogP contribution in [0.2, 0.25) is 0 Å². The maximum absolute atomic E-state index is 12.3. The highest BCUT2D eigenvalue weighted by Gasteiger charge is 2.26. The average Bonchev–Trinajstić information content (AvgIpc) is 2.56. The summed E-state index contributed by atoms with van der Waals surface area (Å²) >= 11 is 0. The van der Waals surface area contributed by atoms with E-state index in [4.69, 9.17) is 0 Å². The van der Waals surface area contributed by atoms with Gasteiger partial charge in [0.2, 0.25) is 0 Å². The van der Waals surface area contributed by atoms with E-state index < -0.39 is 0 Å². The highest BCUT2D eigenvalue weighted by Crippen LogP contribution is 2.20. The Labute approximate surface area is 131 Å². The number of hydrogen-bond acceptors (Lipinski definition) is 3. The maximum Gasteiger partial charge on any atom is 0.317 e. The van der Waals surface area contributed by atoms with E-state index in [1.165, 1.54) is 5.69 Å². The molecule has 120 valence electrons. The SMILES string of the molecule is O=C(NC1CCCN(c2ccccc2)C1)N1CCCC(O)C1. The number of likely N-dealkylation sites (tertiary alicyclic amines) is 1. The van der Waals surface area contributed by atoms with Crippen molar-refractivity contribution >= 4 is 11.7 Å². The van der Waals surface area contributed by atoms with Crippen LogP contribution in [0.25, 0.3) is 0 Å². The molecule has 2 N–H and O–H groups in total. The predicted octanol–water partition coefficient (Wildman–Crippen LogP) is 1.82. The van der Waals surface area contributed by atoms with Crippen LogP contribution < -0.4 is 10.2 Å². The number of piperidine rings is 2. The Morgan fingerprint density at radius 2 is 1.86 bits per heavy atom. The summed E-state index contributed by atoms with van der Waals surface area (Å²) in [5.74, 6) is 0. The first kappa shape index (κ1) is 15.2. The van der Waals surface area contributed by atoms with Crippen LogP contribution in [-0.4, -0.2) is 54.4 Å². The quantitative estimate of drug-likeness (QED) is 0.876. The van der Waals surface area contributed by atoms with Crippen molar-refractivity contribution in [2.24, 2.45) is 0 Å². The lowest BCUT2D eigenvalue weighted by Gasteiger charge is -2.37. The normalized spacial score (nSPS) is 25.9. The molecule has 5 nitrogen and oxygen atoms in total. The van der Waals surface area contributed by atoms with E-state index in [-0.39, 0.29) is 18.2 Å². The third kappa shape index (κ3) is 3.71. The summed E-state index contributed by atoms with van der Waals surface area (Å²) in [6.07, 6.45) is 3.42. The van der Waals surface area contributed by atoms with Crippen LogP contribution in [-0.2, 0) is 0 Å². The molecule has 5 heteroatoms. The summed E-state index contributed by atoms with van der Waals surface area (Å²) in [6, 6.07) is 10.5. The Hall–Kier alpha value is -1.75. The van der Waals surface area contributed by atoms with Crippen LogP contribution in [0.15, 0.2) is 30.3 Å². The molecule has 3 rings (SSSR count). The summed E-state index contributed by atoms with van der Waals surface area (Å²) in [5.41, 5.74) is 1.22. The highest BCUT2D eigenvalue weighted by atomic mass is 16.3.